The Morgan fingerprint density at radius 2 is 1.72 bits per heavy atom. The highest BCUT2D eigenvalue weighted by molar-refractivity contribution is 5.96. The van der Waals surface area contributed by atoms with E-state index < -0.39 is 17.9 Å². The van der Waals surface area contributed by atoms with Gasteiger partial charge in [0.05, 0.1) is 12.5 Å². The number of carbonyl (C=O) groups is 2. The maximum absolute atomic E-state index is 12.8. The molecule has 1 aromatic heterocycles. The Balaban J connectivity index is 1.90. The largest absolute Gasteiger partial charge is 0.481 e. The first-order chi connectivity index (χ1) is 13.6. The zero-order valence-corrected chi connectivity index (χ0v) is 16.7. The van der Waals surface area contributed by atoms with Gasteiger partial charge in [-0.3, -0.25) is 14.4 Å². The number of carboxylic acid groups (broad SMARTS) is 1. The Morgan fingerprint density at radius 1 is 1.07 bits per heavy atom. The Labute approximate surface area is 168 Å². The van der Waals surface area contributed by atoms with Gasteiger partial charge < -0.3 is 15.4 Å². The first-order valence-electron chi connectivity index (χ1n) is 9.40. The molecule has 6 heteroatoms. The lowest BCUT2D eigenvalue weighted by molar-refractivity contribution is -0.137. The number of aromatic amines is 1. The van der Waals surface area contributed by atoms with Crippen molar-refractivity contribution in [2.45, 2.75) is 38.6 Å². The number of H-pyrrole nitrogens is 1. The van der Waals surface area contributed by atoms with Gasteiger partial charge >= 0.3 is 5.97 Å². The summed E-state index contributed by atoms with van der Waals surface area (Å²) >= 11 is 0. The molecule has 0 saturated carbocycles. The fourth-order valence-electron chi connectivity index (χ4n) is 3.21. The van der Waals surface area contributed by atoms with Gasteiger partial charge in [0.15, 0.2) is 0 Å². The molecule has 0 spiro atoms. The number of carbonyl (C=O) groups excluding carboxylic acids is 1. The second-order valence-corrected chi connectivity index (χ2v) is 8.10. The monoisotopic (exact) mass is 392 g/mol. The van der Waals surface area contributed by atoms with Crippen LogP contribution in [0.15, 0.2) is 59.4 Å². The van der Waals surface area contributed by atoms with E-state index >= 15 is 0 Å². The molecule has 150 valence electrons. The second-order valence-electron chi connectivity index (χ2n) is 8.10. The molecule has 1 amide bonds. The Hall–Kier alpha value is -3.41. The molecular weight excluding hydrogens is 368 g/mol. The highest BCUT2D eigenvalue weighted by Gasteiger charge is 2.21. The van der Waals surface area contributed by atoms with Crippen molar-refractivity contribution in [3.05, 3.63) is 81.8 Å². The van der Waals surface area contributed by atoms with Gasteiger partial charge in [-0.05, 0) is 34.1 Å². The zero-order chi connectivity index (χ0) is 21.2. The summed E-state index contributed by atoms with van der Waals surface area (Å²) in [5.74, 6) is -1.55. The maximum Gasteiger partial charge on any atom is 0.305 e. The predicted molar refractivity (Wildman–Crippen MR) is 112 cm³/mol. The summed E-state index contributed by atoms with van der Waals surface area (Å²) in [6, 6.07) is 15.4. The second kappa shape index (κ2) is 7.91. The van der Waals surface area contributed by atoms with Gasteiger partial charge in [0, 0.05) is 5.39 Å². The van der Waals surface area contributed by atoms with Crippen molar-refractivity contribution in [2.24, 2.45) is 0 Å². The number of fused-ring (bicyclic) bond motifs is 1. The van der Waals surface area contributed by atoms with E-state index in [1.165, 1.54) is 0 Å². The average Bonchev–Trinajstić information content (AvgIpc) is 2.66. The van der Waals surface area contributed by atoms with Crippen molar-refractivity contribution in [1.29, 1.82) is 0 Å². The molecule has 2 aromatic carbocycles. The van der Waals surface area contributed by atoms with E-state index in [4.69, 9.17) is 0 Å². The summed E-state index contributed by atoms with van der Waals surface area (Å²) in [6.07, 6.45) is -0.265. The highest BCUT2D eigenvalue weighted by Crippen LogP contribution is 2.25. The molecular formula is C23H24N2O4. The molecule has 0 fully saturated rings. The molecule has 3 aromatic rings. The van der Waals surface area contributed by atoms with Crippen molar-refractivity contribution in [2.75, 3.05) is 0 Å². The number of aliphatic carboxylic acids is 1. The lowest BCUT2D eigenvalue weighted by Gasteiger charge is -2.22. The fourth-order valence-corrected chi connectivity index (χ4v) is 3.21. The topological polar surface area (TPSA) is 99.3 Å². The predicted octanol–water partition coefficient (Wildman–Crippen LogP) is 3.77. The molecule has 0 aliphatic carbocycles. The maximum atomic E-state index is 12.8. The van der Waals surface area contributed by atoms with Gasteiger partial charge in [0.25, 0.3) is 11.5 Å². The summed E-state index contributed by atoms with van der Waals surface area (Å²) in [4.78, 5) is 38.9. The minimum atomic E-state index is -1.03. The molecule has 1 unspecified atom stereocenters. The third-order valence-corrected chi connectivity index (χ3v) is 4.86. The highest BCUT2D eigenvalue weighted by atomic mass is 16.4. The molecule has 0 bridgehead atoms. The molecule has 6 nitrogen and oxygen atoms in total. The van der Waals surface area contributed by atoms with Crippen molar-refractivity contribution in [1.82, 2.24) is 10.3 Å². The summed E-state index contributed by atoms with van der Waals surface area (Å²) in [5.41, 5.74) is 1.50. The van der Waals surface area contributed by atoms with Crippen LogP contribution in [0.25, 0.3) is 10.8 Å². The van der Waals surface area contributed by atoms with E-state index in [0.717, 1.165) is 5.56 Å². The molecule has 0 aliphatic heterocycles. The van der Waals surface area contributed by atoms with Gasteiger partial charge in [-0.25, -0.2) is 0 Å². The van der Waals surface area contributed by atoms with Gasteiger partial charge in [-0.15, -0.1) is 0 Å². The van der Waals surface area contributed by atoms with Crippen LogP contribution in [0.1, 0.15) is 54.8 Å². The molecule has 0 radical (unpaired) electrons. The van der Waals surface area contributed by atoms with Crippen LogP contribution in [0.5, 0.6) is 0 Å². The van der Waals surface area contributed by atoms with Crippen molar-refractivity contribution in [3.8, 4) is 0 Å². The molecule has 0 aliphatic rings. The fraction of sp³-hybridized carbons (Fsp3) is 0.261. The van der Waals surface area contributed by atoms with Crippen LogP contribution in [-0.2, 0) is 10.2 Å². The lowest BCUT2D eigenvalue weighted by atomic mass is 9.86. The number of rotatable bonds is 5. The standard InChI is InChI=1S/C23H24N2O4/c1-23(2,3)16-10-8-14(9-11-16)18(13-20(26)27)24-22(29)19-12-15-6-4-5-7-17(15)21(28)25-19/h4-12,18H,13H2,1-3H3,(H,24,29)(H,25,28)(H,26,27). The van der Waals surface area contributed by atoms with Crippen molar-refractivity contribution in [3.63, 3.8) is 0 Å². The lowest BCUT2D eigenvalue weighted by Crippen LogP contribution is -2.32. The van der Waals surface area contributed by atoms with E-state index in [1.54, 1.807) is 30.3 Å². The molecule has 1 heterocycles. The summed E-state index contributed by atoms with van der Waals surface area (Å²) < 4.78 is 0. The van der Waals surface area contributed by atoms with Crippen LogP contribution in [0, 0.1) is 0 Å². The number of amides is 1. The van der Waals surface area contributed by atoms with Gasteiger partial charge in [0.1, 0.15) is 5.69 Å². The number of pyridine rings is 1. The Morgan fingerprint density at radius 3 is 2.34 bits per heavy atom. The van der Waals surface area contributed by atoms with Crippen molar-refractivity contribution >= 4 is 22.6 Å². The summed E-state index contributed by atoms with van der Waals surface area (Å²) in [7, 11) is 0. The Bertz CT molecular complexity index is 1110. The summed E-state index contributed by atoms with van der Waals surface area (Å²) in [5, 5.41) is 13.2. The number of aromatic nitrogens is 1. The minimum absolute atomic E-state index is 0.0331. The van der Waals surface area contributed by atoms with Gasteiger partial charge in [0.2, 0.25) is 0 Å². The third kappa shape index (κ3) is 4.71. The van der Waals surface area contributed by atoms with Crippen LogP contribution in [0.2, 0.25) is 0 Å². The van der Waals surface area contributed by atoms with E-state index in [-0.39, 0.29) is 23.1 Å². The van der Waals surface area contributed by atoms with E-state index in [2.05, 4.69) is 31.1 Å². The number of nitrogens with one attached hydrogen (secondary N) is 2. The number of benzene rings is 2. The quantitative estimate of drug-likeness (QED) is 0.615. The molecule has 0 saturated heterocycles. The van der Waals surface area contributed by atoms with Crippen LogP contribution >= 0.6 is 0 Å². The van der Waals surface area contributed by atoms with E-state index in [9.17, 15) is 19.5 Å². The van der Waals surface area contributed by atoms with Gasteiger partial charge in [-0.1, -0.05) is 63.2 Å². The SMILES string of the molecule is CC(C)(C)c1ccc(C(CC(=O)O)NC(=O)c2cc3ccccc3c(=O)[nH]2)cc1. The number of hydrogen-bond acceptors (Lipinski definition) is 3. The van der Waals surface area contributed by atoms with Crippen molar-refractivity contribution < 1.29 is 14.7 Å². The first-order valence-corrected chi connectivity index (χ1v) is 9.40. The van der Waals surface area contributed by atoms with Crippen LogP contribution in [0.3, 0.4) is 0 Å². The first kappa shape index (κ1) is 20.3. The average molecular weight is 392 g/mol. The van der Waals surface area contributed by atoms with Crippen LogP contribution in [0.4, 0.5) is 0 Å². The smallest absolute Gasteiger partial charge is 0.305 e. The van der Waals surface area contributed by atoms with E-state index in [1.807, 2.05) is 24.3 Å². The van der Waals surface area contributed by atoms with Gasteiger partial charge in [-0.2, -0.15) is 0 Å². The molecule has 1 atom stereocenters. The number of hydrogen-bond donors (Lipinski definition) is 3. The molecule has 3 rings (SSSR count). The molecule has 29 heavy (non-hydrogen) atoms. The Kier molecular flexibility index (Phi) is 5.55. The van der Waals surface area contributed by atoms with Crippen LogP contribution < -0.4 is 10.9 Å². The van der Waals surface area contributed by atoms with E-state index in [0.29, 0.717) is 16.3 Å². The van der Waals surface area contributed by atoms with Crippen LogP contribution in [-0.4, -0.2) is 22.0 Å². The normalized spacial score (nSPS) is 12.5. The summed E-state index contributed by atoms with van der Waals surface area (Å²) in [6.45, 7) is 6.28. The molecule has 3 N–H and O–H groups in total. The third-order valence-electron chi connectivity index (χ3n) is 4.86. The zero-order valence-electron chi connectivity index (χ0n) is 16.7. The number of carboxylic acids is 1. The minimum Gasteiger partial charge on any atom is -0.481 e.